The molecule has 8 nitrogen and oxygen atoms in total. The van der Waals surface area contributed by atoms with E-state index in [1.165, 1.54) is 4.80 Å². The maximum absolute atomic E-state index is 12.2. The molecule has 0 aliphatic heterocycles. The van der Waals surface area contributed by atoms with Crippen LogP contribution < -0.4 is 5.32 Å². The van der Waals surface area contributed by atoms with Gasteiger partial charge < -0.3 is 4.52 Å². The molecule has 0 spiro atoms. The van der Waals surface area contributed by atoms with Crippen LogP contribution in [-0.2, 0) is 11.3 Å². The van der Waals surface area contributed by atoms with Crippen molar-refractivity contribution in [2.45, 2.75) is 13.5 Å². The van der Waals surface area contributed by atoms with Gasteiger partial charge in [-0.1, -0.05) is 58.7 Å². The normalized spacial score (nSPS) is 10.8. The quantitative estimate of drug-likeness (QED) is 0.555. The highest BCUT2D eigenvalue weighted by atomic mass is 35.5. The van der Waals surface area contributed by atoms with Crippen LogP contribution in [0.5, 0.6) is 0 Å². The first kappa shape index (κ1) is 17.9. The van der Waals surface area contributed by atoms with Crippen molar-refractivity contribution in [3.63, 3.8) is 0 Å². The van der Waals surface area contributed by atoms with Gasteiger partial charge in [0.05, 0.1) is 5.02 Å². The van der Waals surface area contributed by atoms with E-state index in [9.17, 15) is 4.79 Å². The Kier molecular flexibility index (Phi) is 4.86. The molecule has 1 N–H and O–H groups in total. The molecule has 2 aromatic carbocycles. The fourth-order valence-corrected chi connectivity index (χ4v) is 2.78. The molecular weight excluding hydrogens is 380 g/mol. The number of benzene rings is 2. The van der Waals surface area contributed by atoms with Crippen molar-refractivity contribution in [2.24, 2.45) is 0 Å². The predicted molar refractivity (Wildman–Crippen MR) is 104 cm³/mol. The zero-order chi connectivity index (χ0) is 19.5. The molecule has 4 aromatic rings. The van der Waals surface area contributed by atoms with Gasteiger partial charge in [0.25, 0.3) is 0 Å². The van der Waals surface area contributed by atoms with E-state index in [1.807, 2.05) is 43.3 Å². The van der Waals surface area contributed by atoms with E-state index in [2.05, 4.69) is 25.9 Å². The standard InChI is InChI=1S/C19H15ClN6O2/c1-12-6-8-13(9-7-12)16-10-18(28-24-16)21-17(27)11-26-23-19(22-25-26)14-4-2-3-5-15(14)20/h2-10H,11H2,1H3,(H,21,27). The number of nitrogens with zero attached hydrogens (tertiary/aromatic N) is 5. The second-order valence-corrected chi connectivity index (χ2v) is 6.52. The van der Waals surface area contributed by atoms with Crippen molar-refractivity contribution in [3.8, 4) is 22.6 Å². The number of nitrogens with one attached hydrogen (secondary N) is 1. The molecule has 140 valence electrons. The van der Waals surface area contributed by atoms with Crippen molar-refractivity contribution < 1.29 is 9.32 Å². The van der Waals surface area contributed by atoms with Gasteiger partial charge in [0.15, 0.2) is 0 Å². The molecule has 0 aliphatic rings. The molecule has 0 aliphatic carbocycles. The zero-order valence-electron chi connectivity index (χ0n) is 14.8. The van der Waals surface area contributed by atoms with Gasteiger partial charge in [-0.3, -0.25) is 10.1 Å². The van der Waals surface area contributed by atoms with E-state index in [-0.39, 0.29) is 18.3 Å². The molecule has 28 heavy (non-hydrogen) atoms. The third-order valence-electron chi connectivity index (χ3n) is 3.97. The van der Waals surface area contributed by atoms with Crippen molar-refractivity contribution in [2.75, 3.05) is 5.32 Å². The van der Waals surface area contributed by atoms with E-state index in [1.54, 1.807) is 18.2 Å². The Bertz CT molecular complexity index is 1120. The molecule has 1 amide bonds. The summed E-state index contributed by atoms with van der Waals surface area (Å²) in [5.74, 6) is 0.224. The van der Waals surface area contributed by atoms with E-state index >= 15 is 0 Å². The highest BCUT2D eigenvalue weighted by Gasteiger charge is 2.14. The molecule has 4 rings (SSSR count). The first-order chi connectivity index (χ1) is 13.6. The Morgan fingerprint density at radius 2 is 1.96 bits per heavy atom. The number of aryl methyl sites for hydroxylation is 1. The molecule has 2 heterocycles. The Morgan fingerprint density at radius 1 is 1.18 bits per heavy atom. The van der Waals surface area contributed by atoms with Crippen LogP contribution in [0.1, 0.15) is 5.56 Å². The second-order valence-electron chi connectivity index (χ2n) is 6.11. The summed E-state index contributed by atoms with van der Waals surface area (Å²) in [6.07, 6.45) is 0. The highest BCUT2D eigenvalue weighted by Crippen LogP contribution is 2.24. The van der Waals surface area contributed by atoms with Crippen molar-refractivity contribution >= 4 is 23.4 Å². The van der Waals surface area contributed by atoms with Gasteiger partial charge in [-0.2, -0.15) is 4.80 Å². The summed E-state index contributed by atoms with van der Waals surface area (Å²) in [6.45, 7) is 1.88. The van der Waals surface area contributed by atoms with Gasteiger partial charge in [0.1, 0.15) is 12.2 Å². The third-order valence-corrected chi connectivity index (χ3v) is 4.30. The minimum absolute atomic E-state index is 0.127. The summed E-state index contributed by atoms with van der Waals surface area (Å²) in [4.78, 5) is 13.4. The lowest BCUT2D eigenvalue weighted by Gasteiger charge is -1.99. The number of hydrogen-bond donors (Lipinski definition) is 1. The fourth-order valence-electron chi connectivity index (χ4n) is 2.56. The number of rotatable bonds is 5. The van der Waals surface area contributed by atoms with Crippen molar-refractivity contribution in [1.82, 2.24) is 25.4 Å². The molecule has 0 bridgehead atoms. The Hall–Kier alpha value is -3.52. The van der Waals surface area contributed by atoms with Gasteiger partial charge in [0.2, 0.25) is 17.6 Å². The maximum atomic E-state index is 12.2. The lowest BCUT2D eigenvalue weighted by atomic mass is 10.1. The number of carbonyl (C=O) groups is 1. The van der Waals surface area contributed by atoms with Crippen LogP contribution in [0.3, 0.4) is 0 Å². The molecule has 0 radical (unpaired) electrons. The SMILES string of the molecule is Cc1ccc(-c2cc(NC(=O)Cn3nnc(-c4ccccc4Cl)n3)on2)cc1. The van der Waals surface area contributed by atoms with Gasteiger partial charge in [-0.05, 0) is 24.3 Å². The monoisotopic (exact) mass is 394 g/mol. The second kappa shape index (κ2) is 7.61. The van der Waals surface area contributed by atoms with Gasteiger partial charge in [-0.15, -0.1) is 10.2 Å². The number of halogens is 1. The van der Waals surface area contributed by atoms with Crippen LogP contribution in [0.15, 0.2) is 59.1 Å². The number of hydrogen-bond acceptors (Lipinski definition) is 6. The lowest BCUT2D eigenvalue weighted by molar-refractivity contribution is -0.117. The Morgan fingerprint density at radius 3 is 2.75 bits per heavy atom. The summed E-state index contributed by atoms with van der Waals surface area (Å²) >= 11 is 6.13. The predicted octanol–water partition coefficient (Wildman–Crippen LogP) is 3.60. The largest absolute Gasteiger partial charge is 0.338 e. The minimum Gasteiger partial charge on any atom is -0.338 e. The number of tetrazole rings is 1. The molecule has 0 saturated carbocycles. The average molecular weight is 395 g/mol. The minimum atomic E-state index is -0.366. The van der Waals surface area contributed by atoms with Gasteiger partial charge in [-0.25, -0.2) is 0 Å². The van der Waals surface area contributed by atoms with Crippen molar-refractivity contribution in [3.05, 3.63) is 65.2 Å². The average Bonchev–Trinajstić information content (AvgIpc) is 3.32. The van der Waals surface area contributed by atoms with Gasteiger partial charge in [0, 0.05) is 17.2 Å². The summed E-state index contributed by atoms with van der Waals surface area (Å²) in [7, 11) is 0. The third kappa shape index (κ3) is 3.91. The zero-order valence-corrected chi connectivity index (χ0v) is 15.6. The van der Waals surface area contributed by atoms with E-state index in [4.69, 9.17) is 16.1 Å². The summed E-state index contributed by atoms with van der Waals surface area (Å²) < 4.78 is 5.18. The summed E-state index contributed by atoms with van der Waals surface area (Å²) in [6, 6.07) is 16.7. The lowest BCUT2D eigenvalue weighted by Crippen LogP contribution is -2.20. The van der Waals surface area contributed by atoms with Crippen molar-refractivity contribution in [1.29, 1.82) is 0 Å². The van der Waals surface area contributed by atoms with E-state index in [0.717, 1.165) is 11.1 Å². The summed E-state index contributed by atoms with van der Waals surface area (Å²) in [5.41, 5.74) is 3.33. The number of amides is 1. The molecule has 0 atom stereocenters. The molecule has 0 saturated heterocycles. The Labute approximate surface area is 165 Å². The molecule has 9 heteroatoms. The smallest absolute Gasteiger partial charge is 0.250 e. The molecule has 0 fully saturated rings. The number of anilines is 1. The first-order valence-electron chi connectivity index (χ1n) is 8.45. The van der Waals surface area contributed by atoms with Gasteiger partial charge >= 0.3 is 0 Å². The van der Waals surface area contributed by atoms with E-state index in [0.29, 0.717) is 22.1 Å². The van der Waals surface area contributed by atoms with Crippen LogP contribution >= 0.6 is 11.6 Å². The van der Waals surface area contributed by atoms with Crippen LogP contribution in [0.25, 0.3) is 22.6 Å². The van der Waals surface area contributed by atoms with Crippen LogP contribution in [0.4, 0.5) is 5.88 Å². The number of carbonyl (C=O) groups excluding carboxylic acids is 1. The summed E-state index contributed by atoms with van der Waals surface area (Å²) in [5, 5.41) is 19.1. The fraction of sp³-hybridized carbons (Fsp3) is 0.105. The van der Waals surface area contributed by atoms with Crippen LogP contribution in [0.2, 0.25) is 5.02 Å². The highest BCUT2D eigenvalue weighted by molar-refractivity contribution is 6.33. The maximum Gasteiger partial charge on any atom is 0.250 e. The molecule has 0 unspecified atom stereocenters. The topological polar surface area (TPSA) is 98.7 Å². The van der Waals surface area contributed by atoms with E-state index < -0.39 is 0 Å². The Balaban J connectivity index is 1.41. The molecule has 2 aromatic heterocycles. The van der Waals surface area contributed by atoms with Crippen LogP contribution in [0, 0.1) is 6.92 Å². The number of aromatic nitrogens is 5. The molecular formula is C19H15ClN6O2. The van der Waals surface area contributed by atoms with Crippen LogP contribution in [-0.4, -0.2) is 31.3 Å². The first-order valence-corrected chi connectivity index (χ1v) is 8.82.